The molecule has 0 fully saturated rings. The number of aromatic nitrogens is 1. The minimum absolute atomic E-state index is 0.148. The van der Waals surface area contributed by atoms with Crippen LogP contribution in [0, 0.1) is 5.82 Å². The highest BCUT2D eigenvalue weighted by Crippen LogP contribution is 2.24. The van der Waals surface area contributed by atoms with E-state index in [1.165, 1.54) is 42.5 Å². The highest BCUT2D eigenvalue weighted by molar-refractivity contribution is 6.21. The molecule has 1 aliphatic rings. The summed E-state index contributed by atoms with van der Waals surface area (Å²) in [4.78, 5) is 41.4. The summed E-state index contributed by atoms with van der Waals surface area (Å²) in [5.74, 6) is -3.25. The first-order chi connectivity index (χ1) is 12.5. The topological polar surface area (TPSA) is 89.7 Å². The second-order valence-electron chi connectivity index (χ2n) is 5.41. The van der Waals surface area contributed by atoms with Gasteiger partial charge >= 0.3 is 5.97 Å². The van der Waals surface area contributed by atoms with Crippen LogP contribution < -0.4 is 0 Å². The van der Waals surface area contributed by atoms with Crippen LogP contribution in [-0.4, -0.2) is 28.0 Å². The molecule has 1 aromatic heterocycles. The van der Waals surface area contributed by atoms with Gasteiger partial charge in [-0.1, -0.05) is 22.4 Å². The lowest BCUT2D eigenvalue weighted by Crippen LogP contribution is -2.32. The smallest absolute Gasteiger partial charge is 0.348 e. The predicted octanol–water partition coefficient (Wildman–Crippen LogP) is 2.85. The van der Waals surface area contributed by atoms with Crippen LogP contribution in [0.25, 0.3) is 11.3 Å². The number of nitrogens with zero attached hydrogens (tertiary/aromatic N) is 2. The number of benzene rings is 2. The quantitative estimate of drug-likeness (QED) is 0.674. The van der Waals surface area contributed by atoms with Gasteiger partial charge in [0.15, 0.2) is 0 Å². The summed E-state index contributed by atoms with van der Waals surface area (Å²) in [5.41, 5.74) is 1.10. The van der Waals surface area contributed by atoms with E-state index in [-0.39, 0.29) is 22.6 Å². The van der Waals surface area contributed by atoms with E-state index in [2.05, 4.69) is 5.16 Å². The molecule has 0 saturated carbocycles. The second-order valence-corrected chi connectivity index (χ2v) is 5.41. The molecule has 2 aromatic carbocycles. The van der Waals surface area contributed by atoms with Gasteiger partial charge in [0, 0.05) is 11.6 Å². The van der Waals surface area contributed by atoms with Crippen LogP contribution in [0.3, 0.4) is 0 Å². The molecule has 2 amide bonds. The summed E-state index contributed by atoms with van der Waals surface area (Å²) in [6.07, 6.45) is 0. The van der Waals surface area contributed by atoms with E-state index < -0.39 is 23.6 Å². The highest BCUT2D eigenvalue weighted by atomic mass is 19.1. The minimum Gasteiger partial charge on any atom is -0.348 e. The molecule has 0 atom stereocenters. The van der Waals surface area contributed by atoms with Gasteiger partial charge in [-0.3, -0.25) is 9.59 Å². The number of carbonyl (C=O) groups excluding carboxylic acids is 3. The van der Waals surface area contributed by atoms with Gasteiger partial charge in [0.25, 0.3) is 11.8 Å². The van der Waals surface area contributed by atoms with Gasteiger partial charge < -0.3 is 9.36 Å². The lowest BCUT2D eigenvalue weighted by Gasteiger charge is -2.10. The van der Waals surface area contributed by atoms with E-state index in [1.54, 1.807) is 12.1 Å². The molecule has 0 aliphatic carbocycles. The van der Waals surface area contributed by atoms with Crippen molar-refractivity contribution in [3.63, 3.8) is 0 Å². The molecule has 8 heteroatoms. The Balaban J connectivity index is 1.54. The van der Waals surface area contributed by atoms with Gasteiger partial charge in [0.1, 0.15) is 11.5 Å². The van der Waals surface area contributed by atoms with Gasteiger partial charge in [-0.05, 0) is 36.4 Å². The fourth-order valence-corrected chi connectivity index (χ4v) is 2.51. The van der Waals surface area contributed by atoms with Gasteiger partial charge in [0.05, 0.1) is 11.1 Å². The number of carbonyl (C=O) groups is 3. The zero-order valence-electron chi connectivity index (χ0n) is 13.0. The van der Waals surface area contributed by atoms with Crippen molar-refractivity contribution in [2.75, 3.05) is 0 Å². The summed E-state index contributed by atoms with van der Waals surface area (Å²) in [7, 11) is 0. The molecule has 1 aliphatic heterocycles. The molecule has 0 saturated heterocycles. The number of amides is 2. The average Bonchev–Trinajstić information content (AvgIpc) is 3.23. The van der Waals surface area contributed by atoms with Crippen molar-refractivity contribution in [2.45, 2.75) is 0 Å². The molecule has 3 aromatic rings. The largest absolute Gasteiger partial charge is 0.401 e. The van der Waals surface area contributed by atoms with E-state index in [4.69, 9.17) is 9.36 Å². The molecule has 4 rings (SSSR count). The molecule has 0 unspecified atom stereocenters. The Bertz CT molecular complexity index is 1010. The van der Waals surface area contributed by atoms with Crippen molar-refractivity contribution in [2.24, 2.45) is 0 Å². The average molecular weight is 352 g/mol. The Hall–Kier alpha value is -3.81. The van der Waals surface area contributed by atoms with E-state index in [0.29, 0.717) is 10.6 Å². The van der Waals surface area contributed by atoms with Gasteiger partial charge in [0.2, 0.25) is 5.76 Å². The standard InChI is InChI=1S/C18H9FN2O5/c19-11-7-5-10(6-8-11)14-9-15(25-20-14)18(24)26-21-16(22)12-3-1-2-4-13(12)17(21)23/h1-9H. The van der Waals surface area contributed by atoms with Crippen LogP contribution in [-0.2, 0) is 4.84 Å². The van der Waals surface area contributed by atoms with Crippen molar-refractivity contribution in [3.05, 3.63) is 77.3 Å². The number of hydroxylamine groups is 2. The number of fused-ring (bicyclic) bond motifs is 1. The van der Waals surface area contributed by atoms with Gasteiger partial charge in [-0.25, -0.2) is 9.18 Å². The Labute approximate surface area is 145 Å². The minimum atomic E-state index is -1.06. The number of hydrogen-bond acceptors (Lipinski definition) is 6. The summed E-state index contributed by atoms with van der Waals surface area (Å²) < 4.78 is 17.9. The zero-order chi connectivity index (χ0) is 18.3. The lowest BCUT2D eigenvalue weighted by molar-refractivity contribution is -0.0607. The maximum atomic E-state index is 13.0. The van der Waals surface area contributed by atoms with E-state index in [0.717, 1.165) is 0 Å². The van der Waals surface area contributed by atoms with Crippen molar-refractivity contribution in [3.8, 4) is 11.3 Å². The van der Waals surface area contributed by atoms with Crippen LogP contribution in [0.5, 0.6) is 0 Å². The third-order valence-corrected chi connectivity index (χ3v) is 3.78. The maximum Gasteiger partial charge on any atom is 0.401 e. The Morgan fingerprint density at radius 1 is 1.00 bits per heavy atom. The highest BCUT2D eigenvalue weighted by Gasteiger charge is 2.39. The first-order valence-corrected chi connectivity index (χ1v) is 7.47. The van der Waals surface area contributed by atoms with Crippen molar-refractivity contribution >= 4 is 17.8 Å². The molecule has 7 nitrogen and oxygen atoms in total. The third-order valence-electron chi connectivity index (χ3n) is 3.78. The summed E-state index contributed by atoms with van der Waals surface area (Å²) in [5, 5.41) is 4.08. The van der Waals surface area contributed by atoms with E-state index >= 15 is 0 Å². The molecule has 0 bridgehead atoms. The monoisotopic (exact) mass is 352 g/mol. The van der Waals surface area contributed by atoms with Crippen LogP contribution >= 0.6 is 0 Å². The first-order valence-electron chi connectivity index (χ1n) is 7.47. The molecular formula is C18H9FN2O5. The zero-order valence-corrected chi connectivity index (χ0v) is 13.0. The van der Waals surface area contributed by atoms with Crippen LogP contribution in [0.4, 0.5) is 4.39 Å². The van der Waals surface area contributed by atoms with Crippen molar-refractivity contribution < 1.29 is 28.1 Å². The molecule has 128 valence electrons. The number of rotatable bonds is 3. The fraction of sp³-hybridized carbons (Fsp3) is 0. The Kier molecular flexibility index (Phi) is 3.58. The van der Waals surface area contributed by atoms with E-state index in [9.17, 15) is 18.8 Å². The fourth-order valence-electron chi connectivity index (χ4n) is 2.51. The molecule has 2 heterocycles. The Morgan fingerprint density at radius 3 is 2.23 bits per heavy atom. The SMILES string of the molecule is O=C(ON1C(=O)c2ccccc2C1=O)c1cc(-c2ccc(F)cc2)no1. The first kappa shape index (κ1) is 15.7. The number of imide groups is 1. The normalized spacial score (nSPS) is 13.0. The van der Waals surface area contributed by atoms with Gasteiger partial charge in [-0.15, -0.1) is 0 Å². The third kappa shape index (κ3) is 2.53. The molecule has 0 radical (unpaired) electrons. The Morgan fingerprint density at radius 2 is 1.62 bits per heavy atom. The van der Waals surface area contributed by atoms with Crippen LogP contribution in [0.15, 0.2) is 59.1 Å². The van der Waals surface area contributed by atoms with Gasteiger partial charge in [-0.2, -0.15) is 0 Å². The summed E-state index contributed by atoms with van der Waals surface area (Å²) in [6.45, 7) is 0. The van der Waals surface area contributed by atoms with Crippen molar-refractivity contribution in [1.29, 1.82) is 0 Å². The molecular weight excluding hydrogens is 343 g/mol. The molecule has 0 N–H and O–H groups in total. The van der Waals surface area contributed by atoms with Crippen molar-refractivity contribution in [1.82, 2.24) is 10.2 Å². The van der Waals surface area contributed by atoms with E-state index in [1.807, 2.05) is 0 Å². The maximum absolute atomic E-state index is 13.0. The second kappa shape index (κ2) is 5.92. The lowest BCUT2D eigenvalue weighted by atomic mass is 10.1. The summed E-state index contributed by atoms with van der Waals surface area (Å²) in [6, 6.07) is 12.8. The van der Waals surface area contributed by atoms with Crippen LogP contribution in [0.1, 0.15) is 31.3 Å². The number of halogens is 1. The predicted molar refractivity (Wildman–Crippen MR) is 84.3 cm³/mol. The molecule has 0 spiro atoms. The molecule has 26 heavy (non-hydrogen) atoms. The van der Waals surface area contributed by atoms with Crippen LogP contribution in [0.2, 0.25) is 0 Å². The summed E-state index contributed by atoms with van der Waals surface area (Å²) >= 11 is 0. The number of hydrogen-bond donors (Lipinski definition) is 0.